The molecule has 0 radical (unpaired) electrons. The van der Waals surface area contributed by atoms with E-state index in [4.69, 9.17) is 4.74 Å². The number of benzene rings is 2. The van der Waals surface area contributed by atoms with Crippen LogP contribution in [0.25, 0.3) is 0 Å². The molecule has 0 aliphatic rings. The minimum absolute atomic E-state index is 0.152. The SMILES string of the molecule is COc1cccc(CNc2nc(=O)n(C(C)C)c(=O)n2Cc2ccc(F)cc2)c1. The summed E-state index contributed by atoms with van der Waals surface area (Å²) in [6.07, 6.45) is 0. The molecule has 7 nitrogen and oxygen atoms in total. The number of aromatic nitrogens is 3. The van der Waals surface area contributed by atoms with Crippen molar-refractivity contribution in [1.29, 1.82) is 0 Å². The third kappa shape index (κ3) is 4.71. The first-order chi connectivity index (χ1) is 13.9. The zero-order valence-corrected chi connectivity index (χ0v) is 16.6. The van der Waals surface area contributed by atoms with Gasteiger partial charge < -0.3 is 10.1 Å². The molecule has 0 bridgehead atoms. The van der Waals surface area contributed by atoms with Gasteiger partial charge in [-0.25, -0.2) is 18.5 Å². The lowest BCUT2D eigenvalue weighted by Crippen LogP contribution is -2.43. The molecule has 0 amide bonds. The molecule has 1 aromatic heterocycles. The highest BCUT2D eigenvalue weighted by atomic mass is 19.1. The maximum absolute atomic E-state index is 13.2. The minimum atomic E-state index is -0.617. The summed E-state index contributed by atoms with van der Waals surface area (Å²) in [7, 11) is 1.58. The van der Waals surface area contributed by atoms with E-state index in [1.165, 1.54) is 16.7 Å². The van der Waals surface area contributed by atoms with Crippen LogP contribution in [0.3, 0.4) is 0 Å². The Labute approximate surface area is 167 Å². The quantitative estimate of drug-likeness (QED) is 0.662. The zero-order chi connectivity index (χ0) is 21.0. The molecule has 0 spiro atoms. The van der Waals surface area contributed by atoms with E-state index in [1.54, 1.807) is 33.1 Å². The van der Waals surface area contributed by atoms with Crippen LogP contribution in [0.2, 0.25) is 0 Å². The molecule has 1 N–H and O–H groups in total. The molecule has 0 aliphatic heterocycles. The zero-order valence-electron chi connectivity index (χ0n) is 16.6. The average molecular weight is 398 g/mol. The number of anilines is 1. The van der Waals surface area contributed by atoms with E-state index in [0.717, 1.165) is 10.1 Å². The first-order valence-corrected chi connectivity index (χ1v) is 9.23. The van der Waals surface area contributed by atoms with Crippen molar-refractivity contribution < 1.29 is 9.13 Å². The Hall–Kier alpha value is -3.42. The molecule has 0 saturated heterocycles. The summed E-state index contributed by atoms with van der Waals surface area (Å²) in [6, 6.07) is 12.9. The summed E-state index contributed by atoms with van der Waals surface area (Å²) in [5, 5.41) is 3.07. The molecule has 3 rings (SSSR count). The van der Waals surface area contributed by atoms with Crippen LogP contribution in [0.5, 0.6) is 5.75 Å². The van der Waals surface area contributed by atoms with Gasteiger partial charge in [0.1, 0.15) is 11.6 Å². The summed E-state index contributed by atoms with van der Waals surface area (Å²) in [5.74, 6) is 0.503. The van der Waals surface area contributed by atoms with E-state index in [0.29, 0.717) is 17.9 Å². The van der Waals surface area contributed by atoms with Gasteiger partial charge in [-0.1, -0.05) is 24.3 Å². The van der Waals surface area contributed by atoms with Crippen molar-refractivity contribution in [3.05, 3.63) is 86.4 Å². The fourth-order valence-electron chi connectivity index (χ4n) is 2.96. The fraction of sp³-hybridized carbons (Fsp3) is 0.286. The third-order valence-electron chi connectivity index (χ3n) is 4.46. The number of ether oxygens (including phenoxy) is 1. The molecule has 1 heterocycles. The molecule has 29 heavy (non-hydrogen) atoms. The lowest BCUT2D eigenvalue weighted by atomic mass is 10.2. The van der Waals surface area contributed by atoms with Crippen molar-refractivity contribution in [2.75, 3.05) is 12.4 Å². The van der Waals surface area contributed by atoms with Crippen LogP contribution in [0.1, 0.15) is 31.0 Å². The van der Waals surface area contributed by atoms with E-state index in [9.17, 15) is 14.0 Å². The fourth-order valence-corrected chi connectivity index (χ4v) is 2.96. The van der Waals surface area contributed by atoms with Gasteiger partial charge in [-0.3, -0.25) is 4.57 Å². The molecular weight excluding hydrogens is 375 g/mol. The van der Waals surface area contributed by atoms with Gasteiger partial charge in [-0.2, -0.15) is 4.98 Å². The normalized spacial score (nSPS) is 10.9. The third-order valence-corrected chi connectivity index (χ3v) is 4.46. The van der Waals surface area contributed by atoms with E-state index in [-0.39, 0.29) is 24.4 Å². The standard InChI is InChI=1S/C21H23FN4O3/c1-14(2)26-20(27)24-19(23-12-16-5-4-6-18(11-16)29-3)25(21(26)28)13-15-7-9-17(22)10-8-15/h4-11,14H,12-13H2,1-3H3,(H,23,24,27). The first-order valence-electron chi connectivity index (χ1n) is 9.23. The number of nitrogens with one attached hydrogen (secondary N) is 1. The van der Waals surface area contributed by atoms with Crippen molar-refractivity contribution in [2.24, 2.45) is 0 Å². The highest BCUT2D eigenvalue weighted by molar-refractivity contribution is 5.33. The molecule has 0 aliphatic carbocycles. The number of methoxy groups -OCH3 is 1. The second kappa shape index (κ2) is 8.72. The van der Waals surface area contributed by atoms with Crippen LogP contribution < -0.4 is 21.4 Å². The highest BCUT2D eigenvalue weighted by Gasteiger charge is 2.15. The molecule has 2 aromatic carbocycles. The summed E-state index contributed by atoms with van der Waals surface area (Å²) in [4.78, 5) is 29.5. The van der Waals surface area contributed by atoms with Crippen molar-refractivity contribution in [3.63, 3.8) is 0 Å². The van der Waals surface area contributed by atoms with Crippen molar-refractivity contribution in [2.45, 2.75) is 33.0 Å². The first kappa shape index (κ1) is 20.3. The maximum atomic E-state index is 13.2. The monoisotopic (exact) mass is 398 g/mol. The van der Waals surface area contributed by atoms with E-state index < -0.39 is 11.4 Å². The molecule has 152 valence electrons. The van der Waals surface area contributed by atoms with Gasteiger partial charge in [0.15, 0.2) is 0 Å². The van der Waals surface area contributed by atoms with Gasteiger partial charge in [0.2, 0.25) is 5.95 Å². The molecule has 0 saturated carbocycles. The smallest absolute Gasteiger partial charge is 0.355 e. The van der Waals surface area contributed by atoms with E-state index in [1.807, 2.05) is 24.3 Å². The summed E-state index contributed by atoms with van der Waals surface area (Å²) in [6.45, 7) is 3.99. The van der Waals surface area contributed by atoms with Crippen LogP contribution >= 0.6 is 0 Å². The lowest BCUT2D eigenvalue weighted by Gasteiger charge is -2.17. The van der Waals surface area contributed by atoms with E-state index in [2.05, 4.69) is 10.3 Å². The largest absolute Gasteiger partial charge is 0.497 e. The Morgan fingerprint density at radius 3 is 2.48 bits per heavy atom. The topological polar surface area (TPSA) is 78.2 Å². The van der Waals surface area contributed by atoms with Gasteiger partial charge in [-0.15, -0.1) is 0 Å². The number of rotatable bonds is 7. The molecule has 0 unspecified atom stereocenters. The highest BCUT2D eigenvalue weighted by Crippen LogP contribution is 2.14. The Bertz CT molecular complexity index is 1100. The minimum Gasteiger partial charge on any atom is -0.497 e. The number of hydrogen-bond donors (Lipinski definition) is 1. The molecule has 3 aromatic rings. The van der Waals surface area contributed by atoms with Crippen molar-refractivity contribution >= 4 is 5.95 Å². The van der Waals surface area contributed by atoms with Crippen molar-refractivity contribution in [3.8, 4) is 5.75 Å². The average Bonchev–Trinajstić information content (AvgIpc) is 2.70. The summed E-state index contributed by atoms with van der Waals surface area (Å²) in [5.41, 5.74) is 0.527. The maximum Gasteiger partial charge on any atom is 0.355 e. The van der Waals surface area contributed by atoms with Crippen LogP contribution in [-0.2, 0) is 13.1 Å². The molecule has 0 atom stereocenters. The van der Waals surface area contributed by atoms with Gasteiger partial charge in [-0.05, 0) is 49.2 Å². The molecule has 0 fully saturated rings. The molecular formula is C21H23FN4O3. The Morgan fingerprint density at radius 2 is 1.83 bits per heavy atom. The van der Waals surface area contributed by atoms with Crippen LogP contribution in [-0.4, -0.2) is 21.2 Å². The van der Waals surface area contributed by atoms with Crippen LogP contribution in [0.15, 0.2) is 58.1 Å². The second-order valence-electron chi connectivity index (χ2n) is 6.88. The Kier molecular flexibility index (Phi) is 6.11. The van der Waals surface area contributed by atoms with Crippen LogP contribution in [0.4, 0.5) is 10.3 Å². The van der Waals surface area contributed by atoms with Crippen molar-refractivity contribution in [1.82, 2.24) is 14.1 Å². The summed E-state index contributed by atoms with van der Waals surface area (Å²) < 4.78 is 20.9. The predicted octanol–water partition coefficient (Wildman–Crippen LogP) is 2.79. The molecule has 8 heteroatoms. The predicted molar refractivity (Wildman–Crippen MR) is 109 cm³/mol. The second-order valence-corrected chi connectivity index (χ2v) is 6.88. The lowest BCUT2D eigenvalue weighted by molar-refractivity contribution is 0.414. The number of hydrogen-bond acceptors (Lipinski definition) is 5. The van der Waals surface area contributed by atoms with Gasteiger partial charge >= 0.3 is 11.4 Å². The van der Waals surface area contributed by atoms with Gasteiger partial charge in [0.25, 0.3) is 0 Å². The van der Waals surface area contributed by atoms with Gasteiger partial charge in [0, 0.05) is 12.6 Å². The van der Waals surface area contributed by atoms with E-state index >= 15 is 0 Å². The number of halogens is 1. The Balaban J connectivity index is 1.98. The summed E-state index contributed by atoms with van der Waals surface area (Å²) >= 11 is 0. The Morgan fingerprint density at radius 1 is 1.10 bits per heavy atom. The van der Waals surface area contributed by atoms with Crippen LogP contribution in [0, 0.1) is 5.82 Å². The van der Waals surface area contributed by atoms with Gasteiger partial charge in [0.05, 0.1) is 13.7 Å². The number of nitrogens with zero attached hydrogens (tertiary/aromatic N) is 3.